The first-order valence-corrected chi connectivity index (χ1v) is 12.2. The Hall–Kier alpha value is -4.06. The number of amides is 1. The molecule has 0 unspecified atom stereocenters. The fourth-order valence-corrected chi connectivity index (χ4v) is 5.27. The number of nitrogen functional groups attached to an aromatic ring is 1. The summed E-state index contributed by atoms with van der Waals surface area (Å²) in [5, 5.41) is 7.63. The van der Waals surface area contributed by atoms with Gasteiger partial charge in [-0.15, -0.1) is 0 Å². The van der Waals surface area contributed by atoms with E-state index < -0.39 is 26.5 Å². The van der Waals surface area contributed by atoms with Crippen LogP contribution in [0.15, 0.2) is 36.5 Å². The van der Waals surface area contributed by atoms with Gasteiger partial charge in [0.05, 0.1) is 33.5 Å². The third kappa shape index (κ3) is 3.75. The van der Waals surface area contributed by atoms with E-state index in [0.717, 1.165) is 17.7 Å². The zero-order valence-electron chi connectivity index (χ0n) is 18.9. The van der Waals surface area contributed by atoms with E-state index in [9.17, 15) is 17.6 Å². The summed E-state index contributed by atoms with van der Waals surface area (Å²) in [7, 11) is -3.76. The Morgan fingerprint density at radius 1 is 1.20 bits per heavy atom. The molecule has 10 nitrogen and oxygen atoms in total. The van der Waals surface area contributed by atoms with Gasteiger partial charge in [-0.05, 0) is 56.5 Å². The Morgan fingerprint density at radius 2 is 1.94 bits per heavy atom. The summed E-state index contributed by atoms with van der Waals surface area (Å²) in [4.78, 5) is 21.0. The van der Waals surface area contributed by atoms with Gasteiger partial charge >= 0.3 is 0 Å². The van der Waals surface area contributed by atoms with Crippen molar-refractivity contribution in [1.82, 2.24) is 20.2 Å². The lowest BCUT2D eigenvalue weighted by Crippen LogP contribution is -2.27. The summed E-state index contributed by atoms with van der Waals surface area (Å²) < 4.78 is 41.7. The normalized spacial score (nSPS) is 14.7. The molecule has 2 aromatic heterocycles. The van der Waals surface area contributed by atoms with Crippen LogP contribution in [0.4, 0.5) is 15.8 Å². The number of hydrogen-bond acceptors (Lipinski definition) is 7. The second kappa shape index (κ2) is 7.73. The summed E-state index contributed by atoms with van der Waals surface area (Å²) in [6.07, 6.45) is 2.63. The number of hydrogen-bond donors (Lipinski definition) is 4. The molecular weight excluding hydrogens is 473 g/mol. The SMILES string of the molecule is Cc1ccc2[nH]ncc2c1-c1nc(-c2cc(F)ccc2NS(=O)(=O)C2(C)CC2)nc(C(N)=O)c1N. The van der Waals surface area contributed by atoms with Crippen molar-refractivity contribution in [3.63, 3.8) is 0 Å². The van der Waals surface area contributed by atoms with Crippen molar-refractivity contribution in [2.75, 3.05) is 10.5 Å². The number of fused-ring (bicyclic) bond motifs is 1. The molecule has 5 rings (SSSR count). The number of nitrogens with two attached hydrogens (primary N) is 2. The fraction of sp³-hybridized carbons (Fsp3) is 0.217. The molecule has 0 saturated heterocycles. The number of anilines is 2. The summed E-state index contributed by atoms with van der Waals surface area (Å²) in [6, 6.07) is 7.18. The van der Waals surface area contributed by atoms with Crippen molar-refractivity contribution >= 4 is 38.2 Å². The predicted molar refractivity (Wildman–Crippen MR) is 130 cm³/mol. The molecule has 1 amide bonds. The number of nitrogens with one attached hydrogen (secondary N) is 2. The highest BCUT2D eigenvalue weighted by Gasteiger charge is 2.50. The predicted octanol–water partition coefficient (Wildman–Crippen LogP) is 3.11. The molecule has 1 aliphatic rings. The highest BCUT2D eigenvalue weighted by Crippen LogP contribution is 2.44. The van der Waals surface area contributed by atoms with Gasteiger partial charge in [-0.1, -0.05) is 6.07 Å². The molecule has 1 fully saturated rings. The van der Waals surface area contributed by atoms with Crippen LogP contribution in [0.2, 0.25) is 0 Å². The van der Waals surface area contributed by atoms with Gasteiger partial charge in [-0.2, -0.15) is 5.10 Å². The number of halogens is 1. The number of primary amides is 1. The average molecular weight is 496 g/mol. The minimum atomic E-state index is -3.76. The number of rotatable bonds is 6. The number of carbonyl (C=O) groups excluding carboxylic acids is 1. The molecule has 0 bridgehead atoms. The van der Waals surface area contributed by atoms with Gasteiger partial charge in [0.1, 0.15) is 5.82 Å². The van der Waals surface area contributed by atoms with Crippen molar-refractivity contribution in [3.8, 4) is 22.6 Å². The highest BCUT2D eigenvalue weighted by atomic mass is 32.2. The Balaban J connectivity index is 1.76. The molecule has 2 aromatic carbocycles. The molecule has 35 heavy (non-hydrogen) atoms. The number of nitrogens with zero attached hydrogens (tertiary/aromatic N) is 3. The van der Waals surface area contributed by atoms with Crippen LogP contribution in [-0.4, -0.2) is 39.2 Å². The van der Waals surface area contributed by atoms with E-state index in [0.29, 0.717) is 29.3 Å². The average Bonchev–Trinajstić information content (AvgIpc) is 3.39. The van der Waals surface area contributed by atoms with Gasteiger partial charge in [-0.25, -0.2) is 22.8 Å². The number of sulfonamides is 1. The minimum absolute atomic E-state index is 0.0404. The first-order chi connectivity index (χ1) is 16.5. The third-order valence-electron chi connectivity index (χ3n) is 6.32. The molecule has 1 saturated carbocycles. The van der Waals surface area contributed by atoms with Crippen molar-refractivity contribution in [1.29, 1.82) is 0 Å². The molecule has 0 aliphatic heterocycles. The Morgan fingerprint density at radius 3 is 2.63 bits per heavy atom. The number of aromatic nitrogens is 4. The summed E-state index contributed by atoms with van der Waals surface area (Å²) in [5.74, 6) is -1.66. The molecule has 0 spiro atoms. The monoisotopic (exact) mass is 495 g/mol. The smallest absolute Gasteiger partial charge is 0.269 e. The zero-order chi connectivity index (χ0) is 25.1. The van der Waals surface area contributed by atoms with Crippen LogP contribution in [0.1, 0.15) is 35.8 Å². The third-order valence-corrected chi connectivity index (χ3v) is 8.51. The van der Waals surface area contributed by atoms with Crippen LogP contribution in [0.25, 0.3) is 33.5 Å². The topological polar surface area (TPSA) is 170 Å². The van der Waals surface area contributed by atoms with Crippen LogP contribution in [0.5, 0.6) is 0 Å². The molecule has 12 heteroatoms. The summed E-state index contributed by atoms with van der Waals surface area (Å²) in [6.45, 7) is 3.47. The van der Waals surface area contributed by atoms with Gasteiger partial charge in [0.25, 0.3) is 5.91 Å². The van der Waals surface area contributed by atoms with Gasteiger partial charge < -0.3 is 11.5 Å². The maximum absolute atomic E-state index is 14.3. The van der Waals surface area contributed by atoms with E-state index in [1.807, 2.05) is 19.1 Å². The van der Waals surface area contributed by atoms with E-state index in [1.54, 1.807) is 13.1 Å². The Labute approximate surface area is 200 Å². The number of carbonyl (C=O) groups is 1. The lowest BCUT2D eigenvalue weighted by atomic mass is 9.99. The van der Waals surface area contributed by atoms with Crippen LogP contribution < -0.4 is 16.2 Å². The van der Waals surface area contributed by atoms with Crippen LogP contribution in [0, 0.1) is 12.7 Å². The standard InChI is InChI=1S/C23H22FN7O3S/c1-11-3-5-15-14(10-27-30-15)17(11)19-18(25)20(21(26)32)29-22(28-19)13-9-12(24)4-6-16(13)31-35(33,34)23(2)7-8-23/h3-6,9-10,31H,7-8,25H2,1-2H3,(H2,26,32)(H,27,30). The largest absolute Gasteiger partial charge is 0.395 e. The fourth-order valence-electron chi connectivity index (χ4n) is 3.91. The second-order valence-electron chi connectivity index (χ2n) is 8.86. The van der Waals surface area contributed by atoms with E-state index in [2.05, 4.69) is 24.9 Å². The Bertz CT molecular complexity index is 1630. The van der Waals surface area contributed by atoms with Crippen molar-refractivity contribution in [2.24, 2.45) is 5.73 Å². The molecule has 1 aliphatic carbocycles. The van der Waals surface area contributed by atoms with Crippen molar-refractivity contribution in [2.45, 2.75) is 31.4 Å². The van der Waals surface area contributed by atoms with Crippen molar-refractivity contribution < 1.29 is 17.6 Å². The summed E-state index contributed by atoms with van der Waals surface area (Å²) in [5.41, 5.74) is 13.9. The maximum Gasteiger partial charge on any atom is 0.269 e. The molecule has 6 N–H and O–H groups in total. The highest BCUT2D eigenvalue weighted by molar-refractivity contribution is 7.94. The quantitative estimate of drug-likeness (QED) is 0.318. The van der Waals surface area contributed by atoms with E-state index >= 15 is 0 Å². The van der Waals surface area contributed by atoms with Gasteiger partial charge in [0, 0.05) is 16.5 Å². The van der Waals surface area contributed by atoms with Gasteiger partial charge in [-0.3, -0.25) is 14.6 Å². The molecule has 2 heterocycles. The van der Waals surface area contributed by atoms with Gasteiger partial charge in [0.2, 0.25) is 10.0 Å². The number of H-pyrrole nitrogens is 1. The minimum Gasteiger partial charge on any atom is -0.395 e. The molecule has 180 valence electrons. The van der Waals surface area contributed by atoms with E-state index in [4.69, 9.17) is 11.5 Å². The number of aryl methyl sites for hydroxylation is 1. The van der Waals surface area contributed by atoms with Gasteiger partial charge in [0.15, 0.2) is 11.5 Å². The maximum atomic E-state index is 14.3. The molecule has 4 aromatic rings. The lowest BCUT2D eigenvalue weighted by Gasteiger charge is -2.17. The number of benzene rings is 2. The lowest BCUT2D eigenvalue weighted by molar-refractivity contribution is 0.0996. The zero-order valence-corrected chi connectivity index (χ0v) is 19.7. The van der Waals surface area contributed by atoms with Crippen LogP contribution in [0.3, 0.4) is 0 Å². The molecular formula is C23H22FN7O3S. The van der Waals surface area contributed by atoms with E-state index in [-0.39, 0.29) is 34.2 Å². The molecule has 0 radical (unpaired) electrons. The summed E-state index contributed by atoms with van der Waals surface area (Å²) >= 11 is 0. The molecule has 0 atom stereocenters. The first kappa shape index (κ1) is 22.7. The van der Waals surface area contributed by atoms with Crippen molar-refractivity contribution in [3.05, 3.63) is 53.6 Å². The first-order valence-electron chi connectivity index (χ1n) is 10.7. The number of aromatic amines is 1. The second-order valence-corrected chi connectivity index (χ2v) is 11.1. The van der Waals surface area contributed by atoms with Crippen LogP contribution in [-0.2, 0) is 10.0 Å². The Kier molecular flexibility index (Phi) is 5.02. The van der Waals surface area contributed by atoms with E-state index in [1.165, 1.54) is 6.07 Å². The van der Waals surface area contributed by atoms with Crippen LogP contribution >= 0.6 is 0 Å².